The van der Waals surface area contributed by atoms with Crippen LogP contribution in [0.1, 0.15) is 5.56 Å². The van der Waals surface area contributed by atoms with E-state index in [1.54, 1.807) is 12.1 Å². The molecular formula is C20H14ClF3N2O4. The van der Waals surface area contributed by atoms with Crippen LogP contribution in [0.2, 0.25) is 5.02 Å². The number of alkyl halides is 3. The van der Waals surface area contributed by atoms with Crippen LogP contribution < -0.4 is 10.1 Å². The van der Waals surface area contributed by atoms with E-state index < -0.39 is 41.9 Å². The van der Waals surface area contributed by atoms with Gasteiger partial charge in [0.2, 0.25) is 0 Å². The smallest absolute Gasteiger partial charge is 0.417 e. The molecule has 1 aromatic heterocycles. The third-order valence-corrected chi connectivity index (χ3v) is 4.16. The van der Waals surface area contributed by atoms with Gasteiger partial charge < -0.3 is 14.8 Å². The van der Waals surface area contributed by atoms with Gasteiger partial charge in [-0.05, 0) is 29.0 Å². The monoisotopic (exact) mass is 438 g/mol. The van der Waals surface area contributed by atoms with Gasteiger partial charge in [0.1, 0.15) is 5.75 Å². The maximum Gasteiger partial charge on any atom is 0.417 e. The number of pyridine rings is 1. The maximum absolute atomic E-state index is 12.6. The highest BCUT2D eigenvalue weighted by Gasteiger charge is 2.31. The summed E-state index contributed by atoms with van der Waals surface area (Å²) in [4.78, 5) is 27.1. The number of carbonyl (C=O) groups is 2. The van der Waals surface area contributed by atoms with E-state index in [9.17, 15) is 22.8 Å². The summed E-state index contributed by atoms with van der Waals surface area (Å²) in [5.74, 6) is -1.44. The molecule has 3 aromatic rings. The number of benzene rings is 2. The molecule has 1 N–H and O–H groups in total. The molecule has 30 heavy (non-hydrogen) atoms. The molecule has 156 valence electrons. The van der Waals surface area contributed by atoms with Gasteiger partial charge in [-0.3, -0.25) is 4.79 Å². The predicted molar refractivity (Wildman–Crippen MR) is 103 cm³/mol. The second kappa shape index (κ2) is 9.00. The lowest BCUT2D eigenvalue weighted by Gasteiger charge is -2.10. The lowest BCUT2D eigenvalue weighted by molar-refractivity contribution is -0.149. The molecule has 10 heteroatoms. The molecule has 0 unspecified atom stereocenters. The topological polar surface area (TPSA) is 77.5 Å². The van der Waals surface area contributed by atoms with Gasteiger partial charge in [-0.15, -0.1) is 0 Å². The van der Waals surface area contributed by atoms with E-state index in [4.69, 9.17) is 21.1 Å². The van der Waals surface area contributed by atoms with Gasteiger partial charge in [-0.25, -0.2) is 9.78 Å². The molecule has 0 saturated carbocycles. The Morgan fingerprint density at radius 2 is 1.77 bits per heavy atom. The number of hydrogen-bond donors (Lipinski definition) is 1. The maximum atomic E-state index is 12.6. The Hall–Kier alpha value is -3.33. The minimum absolute atomic E-state index is 0.280. The van der Waals surface area contributed by atoms with E-state index >= 15 is 0 Å². The number of amides is 1. The summed E-state index contributed by atoms with van der Waals surface area (Å²) >= 11 is 5.70. The summed E-state index contributed by atoms with van der Waals surface area (Å²) < 4.78 is 47.9. The van der Waals surface area contributed by atoms with Crippen molar-refractivity contribution in [1.82, 2.24) is 4.98 Å². The predicted octanol–water partition coefficient (Wildman–Crippen LogP) is 4.47. The minimum Gasteiger partial charge on any atom is -0.482 e. The number of hydrogen-bond acceptors (Lipinski definition) is 5. The second-order valence-corrected chi connectivity index (χ2v) is 6.47. The first-order valence-corrected chi connectivity index (χ1v) is 8.90. The Labute approximate surface area is 173 Å². The van der Waals surface area contributed by atoms with Gasteiger partial charge >= 0.3 is 12.1 Å². The number of nitrogens with one attached hydrogen (secondary N) is 1. The van der Waals surface area contributed by atoms with E-state index in [0.29, 0.717) is 18.0 Å². The fourth-order valence-electron chi connectivity index (χ4n) is 2.44. The van der Waals surface area contributed by atoms with Gasteiger partial charge in [-0.2, -0.15) is 13.2 Å². The Balaban J connectivity index is 1.47. The molecule has 0 atom stereocenters. The largest absolute Gasteiger partial charge is 0.482 e. The van der Waals surface area contributed by atoms with Crippen molar-refractivity contribution in [3.63, 3.8) is 0 Å². The van der Waals surface area contributed by atoms with Crippen LogP contribution in [0.5, 0.6) is 5.75 Å². The molecule has 1 heterocycles. The van der Waals surface area contributed by atoms with Crippen LogP contribution in [0.15, 0.2) is 54.7 Å². The molecule has 0 radical (unpaired) electrons. The number of carbonyl (C=O) groups excluding carboxylic acids is 2. The lowest BCUT2D eigenvalue weighted by atomic mass is 10.1. The first-order chi connectivity index (χ1) is 14.2. The Morgan fingerprint density at radius 3 is 2.47 bits per heavy atom. The fraction of sp³-hybridized carbons (Fsp3) is 0.150. The molecule has 0 aliphatic carbocycles. The first kappa shape index (κ1) is 21.4. The van der Waals surface area contributed by atoms with Crippen molar-refractivity contribution < 1.29 is 32.2 Å². The SMILES string of the molecule is O=C(COC(=O)COc1ccc2ccccc2c1)Nc1ncc(C(F)(F)F)cc1Cl. The van der Waals surface area contributed by atoms with Crippen LogP contribution in [-0.2, 0) is 20.5 Å². The molecule has 6 nitrogen and oxygen atoms in total. The molecule has 0 aliphatic heterocycles. The summed E-state index contributed by atoms with van der Waals surface area (Å²) in [6, 6.07) is 13.5. The van der Waals surface area contributed by atoms with Crippen LogP contribution in [0.3, 0.4) is 0 Å². The Morgan fingerprint density at radius 1 is 1.03 bits per heavy atom. The molecule has 0 fully saturated rings. The van der Waals surface area contributed by atoms with Gasteiger partial charge in [0, 0.05) is 6.20 Å². The second-order valence-electron chi connectivity index (χ2n) is 6.06. The lowest BCUT2D eigenvalue weighted by Crippen LogP contribution is -2.24. The Kier molecular flexibility index (Phi) is 6.41. The fourth-order valence-corrected chi connectivity index (χ4v) is 2.65. The van der Waals surface area contributed by atoms with Crippen molar-refractivity contribution in [2.45, 2.75) is 6.18 Å². The van der Waals surface area contributed by atoms with Crippen molar-refractivity contribution >= 4 is 40.1 Å². The molecule has 3 rings (SSSR count). The molecule has 0 bridgehead atoms. The summed E-state index contributed by atoms with van der Waals surface area (Å²) in [5, 5.41) is 3.72. The van der Waals surface area contributed by atoms with E-state index in [1.807, 2.05) is 30.3 Å². The summed E-state index contributed by atoms with van der Waals surface area (Å²) in [6.07, 6.45) is -4.08. The molecule has 1 amide bonds. The van der Waals surface area contributed by atoms with Crippen molar-refractivity contribution in [2.24, 2.45) is 0 Å². The van der Waals surface area contributed by atoms with Gasteiger partial charge in [-0.1, -0.05) is 41.9 Å². The zero-order chi connectivity index (χ0) is 21.7. The molecule has 0 aliphatic rings. The molecule has 0 saturated heterocycles. The van der Waals surface area contributed by atoms with Gasteiger partial charge in [0.25, 0.3) is 5.91 Å². The van der Waals surface area contributed by atoms with Crippen LogP contribution in [0, 0.1) is 0 Å². The summed E-state index contributed by atoms with van der Waals surface area (Å²) in [5.41, 5.74) is -1.05. The van der Waals surface area contributed by atoms with E-state index in [1.165, 1.54) is 0 Å². The average molecular weight is 439 g/mol. The van der Waals surface area contributed by atoms with E-state index in [-0.39, 0.29) is 5.82 Å². The van der Waals surface area contributed by atoms with Crippen molar-refractivity contribution in [1.29, 1.82) is 0 Å². The number of ether oxygens (including phenoxy) is 2. The number of anilines is 1. The quantitative estimate of drug-likeness (QED) is 0.575. The highest BCUT2D eigenvalue weighted by Crippen LogP contribution is 2.32. The van der Waals surface area contributed by atoms with Gasteiger partial charge in [0.15, 0.2) is 19.0 Å². The average Bonchev–Trinajstić information content (AvgIpc) is 2.71. The van der Waals surface area contributed by atoms with E-state index in [2.05, 4.69) is 10.3 Å². The standard InChI is InChI=1S/C20H14ClF3N2O4/c21-16-8-14(20(22,23)24)9-25-19(16)26-17(27)10-30-18(28)11-29-15-6-5-12-3-1-2-4-13(12)7-15/h1-9H,10-11H2,(H,25,26,27). The number of aromatic nitrogens is 1. The van der Waals surface area contributed by atoms with Crippen LogP contribution in [0.25, 0.3) is 10.8 Å². The van der Waals surface area contributed by atoms with Crippen LogP contribution >= 0.6 is 11.6 Å². The summed E-state index contributed by atoms with van der Waals surface area (Å²) in [6.45, 7) is -1.11. The van der Waals surface area contributed by atoms with Crippen LogP contribution in [0.4, 0.5) is 19.0 Å². The highest BCUT2D eigenvalue weighted by molar-refractivity contribution is 6.33. The van der Waals surface area contributed by atoms with Crippen molar-refractivity contribution in [3.8, 4) is 5.75 Å². The van der Waals surface area contributed by atoms with Crippen molar-refractivity contribution in [3.05, 3.63) is 65.3 Å². The zero-order valence-electron chi connectivity index (χ0n) is 15.2. The van der Waals surface area contributed by atoms with Crippen molar-refractivity contribution in [2.75, 3.05) is 18.5 Å². The third-order valence-electron chi connectivity index (χ3n) is 3.87. The third kappa shape index (κ3) is 5.60. The number of fused-ring (bicyclic) bond motifs is 1. The zero-order valence-corrected chi connectivity index (χ0v) is 16.0. The molecule has 2 aromatic carbocycles. The number of esters is 1. The minimum atomic E-state index is -4.61. The van der Waals surface area contributed by atoms with E-state index in [0.717, 1.165) is 10.8 Å². The number of rotatable bonds is 6. The molecule has 0 spiro atoms. The normalized spacial score (nSPS) is 11.2. The number of nitrogens with zero attached hydrogens (tertiary/aromatic N) is 1. The molecular weight excluding hydrogens is 425 g/mol. The van der Waals surface area contributed by atoms with Gasteiger partial charge in [0.05, 0.1) is 10.6 Å². The highest BCUT2D eigenvalue weighted by atomic mass is 35.5. The number of halogens is 4. The Bertz CT molecular complexity index is 1090. The first-order valence-electron chi connectivity index (χ1n) is 8.52. The van der Waals surface area contributed by atoms with Crippen LogP contribution in [-0.4, -0.2) is 30.1 Å². The summed E-state index contributed by atoms with van der Waals surface area (Å²) in [7, 11) is 0.